The zero-order valence-electron chi connectivity index (χ0n) is 11.7. The molecule has 6 heteroatoms. The number of hydrogen-bond donors (Lipinski definition) is 2. The molecule has 2 aromatic rings. The molecular weight excluding hydrogens is 292 g/mol. The average molecular weight is 308 g/mol. The van der Waals surface area contributed by atoms with Gasteiger partial charge in [0.05, 0.1) is 20.1 Å². The van der Waals surface area contributed by atoms with E-state index in [2.05, 4.69) is 0 Å². The molecule has 0 aliphatic carbocycles. The number of aliphatic carboxylic acids is 1. The second-order valence-electron chi connectivity index (χ2n) is 4.46. The van der Waals surface area contributed by atoms with Crippen LogP contribution >= 0.6 is 11.3 Å². The van der Waals surface area contributed by atoms with E-state index in [0.29, 0.717) is 6.42 Å². The predicted octanol–water partition coefficient (Wildman–Crippen LogP) is 2.88. The van der Waals surface area contributed by atoms with Crippen LogP contribution in [-0.4, -0.2) is 30.4 Å². The molecule has 0 fully saturated rings. The molecule has 0 saturated carbocycles. The fraction of sp³-hybridized carbons (Fsp3) is 0.267. The van der Waals surface area contributed by atoms with Crippen LogP contribution in [0.25, 0.3) is 0 Å². The number of aromatic hydroxyl groups is 1. The first-order chi connectivity index (χ1) is 10.1. The smallest absolute Gasteiger partial charge is 0.312 e. The molecular formula is C15H16O5S. The molecule has 1 aromatic carbocycles. The number of phenols is 1. The van der Waals surface area contributed by atoms with Gasteiger partial charge in [-0.3, -0.25) is 4.79 Å². The highest BCUT2D eigenvalue weighted by molar-refractivity contribution is 7.10. The van der Waals surface area contributed by atoms with Gasteiger partial charge >= 0.3 is 5.97 Å². The van der Waals surface area contributed by atoms with Crippen molar-refractivity contribution < 1.29 is 24.5 Å². The van der Waals surface area contributed by atoms with Crippen molar-refractivity contribution in [3.05, 3.63) is 40.1 Å². The molecule has 1 aromatic heterocycles. The van der Waals surface area contributed by atoms with Gasteiger partial charge < -0.3 is 19.7 Å². The highest BCUT2D eigenvalue weighted by Crippen LogP contribution is 2.38. The molecule has 1 unspecified atom stereocenters. The Kier molecular flexibility index (Phi) is 4.70. The van der Waals surface area contributed by atoms with Crippen LogP contribution in [0.15, 0.2) is 29.6 Å². The van der Waals surface area contributed by atoms with E-state index < -0.39 is 11.9 Å². The van der Waals surface area contributed by atoms with E-state index >= 15 is 0 Å². The lowest BCUT2D eigenvalue weighted by Crippen LogP contribution is -2.13. The van der Waals surface area contributed by atoms with E-state index in [1.54, 1.807) is 18.2 Å². The Labute approximate surface area is 126 Å². The summed E-state index contributed by atoms with van der Waals surface area (Å²) in [5.74, 6) is -1.08. The number of carboxylic acids is 1. The monoisotopic (exact) mass is 308 g/mol. The number of thiophene rings is 1. The Bertz CT molecular complexity index is 596. The van der Waals surface area contributed by atoms with Crippen molar-refractivity contribution in [1.29, 1.82) is 0 Å². The van der Waals surface area contributed by atoms with Crippen LogP contribution < -0.4 is 9.47 Å². The summed E-state index contributed by atoms with van der Waals surface area (Å²) in [6, 6.07) is 6.88. The SMILES string of the molecule is COc1cc(CC(C(=O)O)c2cccs2)cc(OC)c1O. The van der Waals surface area contributed by atoms with Crippen molar-refractivity contribution in [1.82, 2.24) is 0 Å². The first kappa shape index (κ1) is 15.2. The van der Waals surface area contributed by atoms with Gasteiger partial charge in [0.1, 0.15) is 0 Å². The van der Waals surface area contributed by atoms with E-state index in [-0.39, 0.29) is 17.2 Å². The summed E-state index contributed by atoms with van der Waals surface area (Å²) < 4.78 is 10.2. The van der Waals surface area contributed by atoms with Gasteiger partial charge in [-0.2, -0.15) is 0 Å². The standard InChI is InChI=1S/C15H16O5S/c1-19-11-7-9(8-12(20-2)14(11)16)6-10(15(17)18)13-4-3-5-21-13/h3-5,7-8,10,16H,6H2,1-2H3,(H,17,18). The Morgan fingerprint density at radius 1 is 1.29 bits per heavy atom. The summed E-state index contributed by atoms with van der Waals surface area (Å²) in [4.78, 5) is 12.3. The molecule has 0 saturated heterocycles. The summed E-state index contributed by atoms with van der Waals surface area (Å²) in [6.45, 7) is 0. The quantitative estimate of drug-likeness (QED) is 0.858. The first-order valence-corrected chi connectivity index (χ1v) is 7.14. The van der Waals surface area contributed by atoms with Crippen molar-refractivity contribution in [3.8, 4) is 17.2 Å². The van der Waals surface area contributed by atoms with Gasteiger partial charge in [0, 0.05) is 4.88 Å². The van der Waals surface area contributed by atoms with E-state index in [0.717, 1.165) is 10.4 Å². The molecule has 0 spiro atoms. The third kappa shape index (κ3) is 3.28. The molecule has 1 atom stereocenters. The average Bonchev–Trinajstić information content (AvgIpc) is 2.99. The number of carboxylic acid groups (broad SMARTS) is 1. The Morgan fingerprint density at radius 2 is 1.90 bits per heavy atom. The molecule has 0 radical (unpaired) electrons. The van der Waals surface area contributed by atoms with Crippen molar-refractivity contribution in [2.24, 2.45) is 0 Å². The van der Waals surface area contributed by atoms with Crippen molar-refractivity contribution >= 4 is 17.3 Å². The Morgan fingerprint density at radius 3 is 2.33 bits per heavy atom. The summed E-state index contributed by atoms with van der Waals surface area (Å²) >= 11 is 1.41. The summed E-state index contributed by atoms with van der Waals surface area (Å²) in [6.07, 6.45) is 0.294. The minimum atomic E-state index is -0.886. The van der Waals surface area contributed by atoms with Gasteiger partial charge in [0.15, 0.2) is 11.5 Å². The zero-order chi connectivity index (χ0) is 15.4. The largest absolute Gasteiger partial charge is 0.502 e. The second-order valence-corrected chi connectivity index (χ2v) is 5.44. The topological polar surface area (TPSA) is 76.0 Å². The minimum Gasteiger partial charge on any atom is -0.502 e. The normalized spacial score (nSPS) is 11.9. The Hall–Kier alpha value is -2.21. The molecule has 21 heavy (non-hydrogen) atoms. The van der Waals surface area contributed by atoms with Crippen LogP contribution in [0.2, 0.25) is 0 Å². The fourth-order valence-corrected chi connectivity index (χ4v) is 2.92. The molecule has 1 heterocycles. The maximum atomic E-state index is 11.5. The fourth-order valence-electron chi connectivity index (χ4n) is 2.10. The van der Waals surface area contributed by atoms with E-state index in [9.17, 15) is 15.0 Å². The number of benzene rings is 1. The number of carbonyl (C=O) groups is 1. The van der Waals surface area contributed by atoms with E-state index in [4.69, 9.17) is 9.47 Å². The molecule has 2 N–H and O–H groups in total. The van der Waals surface area contributed by atoms with E-state index in [1.807, 2.05) is 11.4 Å². The lowest BCUT2D eigenvalue weighted by molar-refractivity contribution is -0.138. The Balaban J connectivity index is 2.35. The highest BCUT2D eigenvalue weighted by Gasteiger charge is 2.23. The van der Waals surface area contributed by atoms with Crippen LogP contribution in [0.1, 0.15) is 16.4 Å². The minimum absolute atomic E-state index is 0.0910. The van der Waals surface area contributed by atoms with Gasteiger partial charge in [-0.25, -0.2) is 0 Å². The number of phenolic OH excluding ortho intramolecular Hbond substituents is 1. The van der Waals surface area contributed by atoms with Gasteiger partial charge in [-0.05, 0) is 35.6 Å². The van der Waals surface area contributed by atoms with Gasteiger partial charge in [0.2, 0.25) is 5.75 Å². The molecule has 5 nitrogen and oxygen atoms in total. The van der Waals surface area contributed by atoms with Crippen LogP contribution in [0, 0.1) is 0 Å². The zero-order valence-corrected chi connectivity index (χ0v) is 12.5. The van der Waals surface area contributed by atoms with Crippen molar-refractivity contribution in [2.45, 2.75) is 12.3 Å². The number of rotatable bonds is 6. The molecule has 0 bridgehead atoms. The number of ether oxygens (including phenoxy) is 2. The predicted molar refractivity (Wildman–Crippen MR) is 79.6 cm³/mol. The molecule has 2 rings (SSSR count). The molecule has 0 amide bonds. The van der Waals surface area contributed by atoms with Crippen LogP contribution in [-0.2, 0) is 11.2 Å². The third-order valence-electron chi connectivity index (χ3n) is 3.16. The van der Waals surface area contributed by atoms with Gasteiger partial charge in [0.25, 0.3) is 0 Å². The van der Waals surface area contributed by atoms with Gasteiger partial charge in [-0.1, -0.05) is 6.07 Å². The van der Waals surface area contributed by atoms with Gasteiger partial charge in [-0.15, -0.1) is 11.3 Å². The summed E-state index contributed by atoms with van der Waals surface area (Å²) in [5, 5.41) is 21.1. The summed E-state index contributed by atoms with van der Waals surface area (Å²) in [7, 11) is 2.87. The number of hydrogen-bond acceptors (Lipinski definition) is 5. The molecule has 0 aliphatic heterocycles. The highest BCUT2D eigenvalue weighted by atomic mass is 32.1. The first-order valence-electron chi connectivity index (χ1n) is 6.27. The third-order valence-corrected chi connectivity index (χ3v) is 4.15. The van der Waals surface area contributed by atoms with Crippen LogP contribution in [0.4, 0.5) is 0 Å². The maximum Gasteiger partial charge on any atom is 0.312 e. The number of methoxy groups -OCH3 is 2. The van der Waals surface area contributed by atoms with Crippen molar-refractivity contribution in [2.75, 3.05) is 14.2 Å². The molecule has 0 aliphatic rings. The second kappa shape index (κ2) is 6.49. The lowest BCUT2D eigenvalue weighted by atomic mass is 9.97. The van der Waals surface area contributed by atoms with E-state index in [1.165, 1.54) is 25.6 Å². The molecule has 112 valence electrons. The summed E-state index contributed by atoms with van der Waals surface area (Å²) in [5.41, 5.74) is 0.724. The van der Waals surface area contributed by atoms with Crippen LogP contribution in [0.3, 0.4) is 0 Å². The maximum absolute atomic E-state index is 11.5. The van der Waals surface area contributed by atoms with Crippen molar-refractivity contribution in [3.63, 3.8) is 0 Å². The van der Waals surface area contributed by atoms with Crippen LogP contribution in [0.5, 0.6) is 17.2 Å². The lowest BCUT2D eigenvalue weighted by Gasteiger charge is -2.14.